The molecule has 0 saturated heterocycles. The molecule has 176 valence electrons. The van der Waals surface area contributed by atoms with Gasteiger partial charge in [0.25, 0.3) is 0 Å². The van der Waals surface area contributed by atoms with E-state index in [-0.39, 0.29) is 25.0 Å². The number of rotatable bonds is 13. The summed E-state index contributed by atoms with van der Waals surface area (Å²) in [6.07, 6.45) is 4.44. The van der Waals surface area contributed by atoms with Crippen LogP contribution in [0.1, 0.15) is 61.3 Å². The van der Waals surface area contributed by atoms with Gasteiger partial charge in [-0.2, -0.15) is 0 Å². The summed E-state index contributed by atoms with van der Waals surface area (Å²) >= 11 is 0. The number of benzene rings is 2. The Balaban J connectivity index is 2.45. The van der Waals surface area contributed by atoms with Crippen LogP contribution in [0.4, 0.5) is 4.39 Å². The van der Waals surface area contributed by atoms with Gasteiger partial charge >= 0.3 is 5.97 Å². The molecule has 0 aliphatic carbocycles. The molecule has 0 aliphatic rings. The highest BCUT2D eigenvalue weighted by Crippen LogP contribution is 2.37. The number of aliphatic hydroxyl groups excluding tert-OH is 1. The molecule has 0 spiro atoms. The summed E-state index contributed by atoms with van der Waals surface area (Å²) < 4.78 is 18.8. The number of carbonyl (C=O) groups excluding carboxylic acids is 1. The Labute approximate surface area is 190 Å². The summed E-state index contributed by atoms with van der Waals surface area (Å²) in [4.78, 5) is 13.3. The van der Waals surface area contributed by atoms with E-state index >= 15 is 0 Å². The predicted molar refractivity (Wildman–Crippen MR) is 124 cm³/mol. The molecule has 0 heterocycles. The molecule has 2 rings (SSSR count). The van der Waals surface area contributed by atoms with Crippen molar-refractivity contribution in [1.82, 2.24) is 4.90 Å². The van der Waals surface area contributed by atoms with E-state index in [4.69, 9.17) is 9.84 Å². The molecule has 2 aromatic carbocycles. The van der Waals surface area contributed by atoms with Crippen molar-refractivity contribution in [2.24, 2.45) is 0 Å². The van der Waals surface area contributed by atoms with Gasteiger partial charge in [-0.05, 0) is 87.1 Å². The third-order valence-electron chi connectivity index (χ3n) is 5.63. The van der Waals surface area contributed by atoms with Gasteiger partial charge < -0.3 is 19.8 Å². The van der Waals surface area contributed by atoms with Crippen LogP contribution < -0.4 is 0 Å². The van der Waals surface area contributed by atoms with E-state index in [1.807, 2.05) is 32.3 Å². The van der Waals surface area contributed by atoms with Crippen molar-refractivity contribution >= 4 is 5.97 Å². The van der Waals surface area contributed by atoms with Crippen LogP contribution >= 0.6 is 0 Å². The van der Waals surface area contributed by atoms with Gasteiger partial charge in [0.05, 0.1) is 0 Å². The monoisotopic (exact) mass is 445 g/mol. The van der Waals surface area contributed by atoms with E-state index in [0.717, 1.165) is 55.3 Å². The van der Waals surface area contributed by atoms with E-state index < -0.39 is 5.60 Å². The lowest BCUT2D eigenvalue weighted by atomic mass is 9.79. The second-order valence-electron chi connectivity index (χ2n) is 8.58. The fourth-order valence-corrected chi connectivity index (χ4v) is 3.95. The molecular weight excluding hydrogens is 409 g/mol. The fourth-order valence-electron chi connectivity index (χ4n) is 3.95. The molecule has 0 aliphatic heterocycles. The van der Waals surface area contributed by atoms with E-state index in [0.29, 0.717) is 12.0 Å². The largest absolute Gasteiger partial charge is 0.461 e. The van der Waals surface area contributed by atoms with Crippen molar-refractivity contribution in [2.75, 3.05) is 27.2 Å². The number of aliphatic hydroxyl groups is 2. The lowest BCUT2D eigenvalue weighted by molar-refractivity contribution is -0.142. The Morgan fingerprint density at radius 2 is 1.78 bits per heavy atom. The smallest absolute Gasteiger partial charge is 0.302 e. The normalized spacial score (nSPS) is 13.2. The summed E-state index contributed by atoms with van der Waals surface area (Å²) in [7, 11) is 3.99. The minimum absolute atomic E-state index is 0.156. The first-order chi connectivity index (χ1) is 15.3. The Morgan fingerprint density at radius 1 is 1.06 bits per heavy atom. The number of ether oxygens (including phenoxy) is 1. The molecule has 0 aromatic heterocycles. The topological polar surface area (TPSA) is 70.0 Å². The van der Waals surface area contributed by atoms with Gasteiger partial charge in [-0.3, -0.25) is 4.79 Å². The van der Waals surface area contributed by atoms with Crippen molar-refractivity contribution in [3.05, 3.63) is 70.5 Å². The molecule has 6 heteroatoms. The van der Waals surface area contributed by atoms with Crippen molar-refractivity contribution in [1.29, 1.82) is 0 Å². The van der Waals surface area contributed by atoms with Crippen LogP contribution in [0.5, 0.6) is 0 Å². The molecule has 0 amide bonds. The minimum Gasteiger partial charge on any atom is -0.461 e. The molecule has 0 saturated carbocycles. The molecule has 2 aromatic rings. The van der Waals surface area contributed by atoms with Crippen LogP contribution in [0, 0.1) is 5.82 Å². The molecular formula is C26H36FNO4. The first-order valence-corrected chi connectivity index (χ1v) is 11.3. The van der Waals surface area contributed by atoms with E-state index in [9.17, 15) is 14.3 Å². The second-order valence-corrected chi connectivity index (χ2v) is 8.58. The maximum atomic E-state index is 13.6. The van der Waals surface area contributed by atoms with Crippen LogP contribution in [0.2, 0.25) is 0 Å². The van der Waals surface area contributed by atoms with Gasteiger partial charge in [0.2, 0.25) is 0 Å². The van der Waals surface area contributed by atoms with Crippen molar-refractivity contribution < 1.29 is 24.1 Å². The molecule has 1 unspecified atom stereocenters. The van der Waals surface area contributed by atoms with Crippen molar-refractivity contribution in [3.63, 3.8) is 0 Å². The Hall–Kier alpha value is -2.28. The first-order valence-electron chi connectivity index (χ1n) is 11.3. The molecule has 0 radical (unpaired) electrons. The van der Waals surface area contributed by atoms with Gasteiger partial charge in [0.1, 0.15) is 18.0 Å². The Bertz CT molecular complexity index is 853. The molecule has 2 N–H and O–H groups in total. The van der Waals surface area contributed by atoms with Crippen LogP contribution in [0.3, 0.4) is 0 Å². The Morgan fingerprint density at radius 3 is 2.41 bits per heavy atom. The fraction of sp³-hybridized carbons (Fsp3) is 0.500. The van der Waals surface area contributed by atoms with E-state index in [1.54, 1.807) is 12.1 Å². The molecule has 0 bridgehead atoms. The van der Waals surface area contributed by atoms with Gasteiger partial charge in [0.15, 0.2) is 0 Å². The molecule has 1 atom stereocenters. The highest BCUT2D eigenvalue weighted by atomic mass is 19.1. The summed E-state index contributed by atoms with van der Waals surface area (Å²) in [5, 5.41) is 21.1. The van der Waals surface area contributed by atoms with Crippen molar-refractivity contribution in [2.45, 2.75) is 57.7 Å². The zero-order valence-electron chi connectivity index (χ0n) is 19.4. The zero-order chi connectivity index (χ0) is 23.6. The third kappa shape index (κ3) is 7.69. The Kier molecular flexibility index (Phi) is 10.3. The van der Waals surface area contributed by atoms with Gasteiger partial charge in [-0.25, -0.2) is 4.39 Å². The summed E-state index contributed by atoms with van der Waals surface area (Å²) in [6, 6.07) is 11.8. The van der Waals surface area contributed by atoms with E-state index in [2.05, 4.69) is 4.90 Å². The van der Waals surface area contributed by atoms with Crippen molar-refractivity contribution in [3.8, 4) is 0 Å². The average molecular weight is 446 g/mol. The van der Waals surface area contributed by atoms with Gasteiger partial charge in [-0.1, -0.05) is 36.8 Å². The standard InChI is InChI=1S/C26H36FNO4/c1-20(30)32-19-21-9-14-25(22(18-21)8-5-4-6-17-29)26(31,15-7-16-28(2)3)23-10-12-24(27)13-11-23/h9-14,18,29,31H,4-8,15-17,19H2,1-3H3. The highest BCUT2D eigenvalue weighted by Gasteiger charge is 2.33. The third-order valence-corrected chi connectivity index (χ3v) is 5.63. The predicted octanol–water partition coefficient (Wildman–Crippen LogP) is 4.17. The number of esters is 1. The molecule has 5 nitrogen and oxygen atoms in total. The maximum absolute atomic E-state index is 13.6. The van der Waals surface area contributed by atoms with Crippen LogP contribution in [-0.2, 0) is 28.2 Å². The second kappa shape index (κ2) is 12.7. The summed E-state index contributed by atoms with van der Waals surface area (Å²) in [5.74, 6) is -0.685. The maximum Gasteiger partial charge on any atom is 0.302 e. The van der Waals surface area contributed by atoms with E-state index in [1.165, 1.54) is 19.1 Å². The van der Waals surface area contributed by atoms with Crippen LogP contribution in [0.25, 0.3) is 0 Å². The number of aryl methyl sites for hydroxylation is 1. The number of hydrogen-bond acceptors (Lipinski definition) is 5. The molecule has 0 fully saturated rings. The first kappa shape index (κ1) is 26.0. The molecule has 32 heavy (non-hydrogen) atoms. The highest BCUT2D eigenvalue weighted by molar-refractivity contribution is 5.65. The lowest BCUT2D eigenvalue weighted by Gasteiger charge is -2.32. The lowest BCUT2D eigenvalue weighted by Crippen LogP contribution is -2.30. The zero-order valence-corrected chi connectivity index (χ0v) is 19.4. The SMILES string of the molecule is CC(=O)OCc1ccc(C(O)(CCCN(C)C)c2ccc(F)cc2)c(CCCCCO)c1. The van der Waals surface area contributed by atoms with Crippen LogP contribution in [0.15, 0.2) is 42.5 Å². The number of unbranched alkanes of at least 4 members (excludes halogenated alkanes) is 2. The van der Waals surface area contributed by atoms with Gasteiger partial charge in [0, 0.05) is 13.5 Å². The summed E-state index contributed by atoms with van der Waals surface area (Å²) in [6.45, 7) is 2.53. The number of hydrogen-bond donors (Lipinski definition) is 2. The van der Waals surface area contributed by atoms with Crippen LogP contribution in [-0.4, -0.2) is 48.3 Å². The average Bonchev–Trinajstić information content (AvgIpc) is 2.75. The summed E-state index contributed by atoms with van der Waals surface area (Å²) in [5.41, 5.74) is 2.01. The quantitative estimate of drug-likeness (QED) is 0.358. The number of nitrogens with zero attached hydrogens (tertiary/aromatic N) is 1. The number of halogens is 1. The van der Waals surface area contributed by atoms with Gasteiger partial charge in [-0.15, -0.1) is 0 Å². The minimum atomic E-state index is -1.27. The number of carbonyl (C=O) groups is 1.